The Balaban J connectivity index is 2.79. The van der Waals surface area contributed by atoms with Crippen LogP contribution in [0.4, 0.5) is 5.69 Å². The van der Waals surface area contributed by atoms with E-state index in [9.17, 15) is 0 Å². The van der Waals surface area contributed by atoms with Gasteiger partial charge in [-0.15, -0.1) is 0 Å². The molecule has 12 heavy (non-hydrogen) atoms. The summed E-state index contributed by atoms with van der Waals surface area (Å²) in [5.74, 6) is 5.13. The molecule has 0 radical (unpaired) electrons. The van der Waals surface area contributed by atoms with Gasteiger partial charge >= 0.3 is 6.02 Å². The Morgan fingerprint density at radius 3 is 2.58 bits per heavy atom. The molecule has 1 aromatic carbocycles. The minimum atomic E-state index is 0.293. The molecule has 0 saturated carbocycles. The molecule has 0 atom stereocenters. The molecule has 0 amide bonds. The number of rotatable bonds is 1. The van der Waals surface area contributed by atoms with E-state index in [1.54, 1.807) is 0 Å². The zero-order chi connectivity index (χ0) is 8.81. The van der Waals surface area contributed by atoms with Gasteiger partial charge in [-0.1, -0.05) is 18.2 Å². The second-order valence-electron chi connectivity index (χ2n) is 2.10. The average Bonchev–Trinajstić information content (AvgIpc) is 2.16. The first-order valence-electron chi connectivity index (χ1n) is 3.51. The van der Waals surface area contributed by atoms with E-state index in [0.29, 0.717) is 6.02 Å². The summed E-state index contributed by atoms with van der Waals surface area (Å²) >= 11 is 0. The van der Waals surface area contributed by atoms with Crippen molar-refractivity contribution < 1.29 is 4.74 Å². The molecule has 0 aromatic heterocycles. The number of aliphatic imine (C=N–C) groups is 1. The lowest BCUT2D eigenvalue weighted by Gasteiger charge is -2.01. The molecule has 1 rings (SSSR count). The van der Waals surface area contributed by atoms with Crippen molar-refractivity contribution in [3.8, 4) is 0 Å². The fraction of sp³-hybridized carbons (Fsp3) is 0.125. The molecule has 0 aliphatic carbocycles. The summed E-state index contributed by atoms with van der Waals surface area (Å²) in [6.45, 7) is 0. The Morgan fingerprint density at radius 2 is 2.08 bits per heavy atom. The molecule has 0 unspecified atom stereocenters. The Morgan fingerprint density at radius 1 is 1.42 bits per heavy atom. The molecular weight excluding hydrogens is 154 g/mol. The minimum absolute atomic E-state index is 0.293. The second kappa shape index (κ2) is 4.35. The first-order chi connectivity index (χ1) is 5.86. The van der Waals surface area contributed by atoms with E-state index in [4.69, 9.17) is 10.6 Å². The van der Waals surface area contributed by atoms with Gasteiger partial charge in [0.15, 0.2) is 0 Å². The van der Waals surface area contributed by atoms with Gasteiger partial charge in [-0.05, 0) is 12.1 Å². The Hall–Kier alpha value is -1.55. The normalized spacial score (nSPS) is 11.0. The number of benzene rings is 1. The highest BCUT2D eigenvalue weighted by Crippen LogP contribution is 2.09. The summed E-state index contributed by atoms with van der Waals surface area (Å²) in [5.41, 5.74) is 3.13. The summed E-state index contributed by atoms with van der Waals surface area (Å²) < 4.78 is 4.82. The number of nitrogens with two attached hydrogens (primary N) is 1. The number of hydrazine groups is 1. The number of methoxy groups -OCH3 is 1. The van der Waals surface area contributed by atoms with Crippen LogP contribution in [0, 0.1) is 0 Å². The van der Waals surface area contributed by atoms with E-state index < -0.39 is 0 Å². The van der Waals surface area contributed by atoms with Gasteiger partial charge in [-0.25, -0.2) is 5.84 Å². The van der Waals surface area contributed by atoms with Crippen molar-refractivity contribution in [2.75, 3.05) is 7.11 Å². The standard InChI is InChI=1S/C8H11N3O/c1-12-8(11-9)10-7-5-3-2-4-6-7/h2-6H,9H2,1H3,(H,10,11). The third-order valence-electron chi connectivity index (χ3n) is 1.30. The SMILES string of the molecule is COC(=Nc1ccccc1)NN. The predicted octanol–water partition coefficient (Wildman–Crippen LogP) is 0.784. The van der Waals surface area contributed by atoms with Crippen LogP contribution in [0.1, 0.15) is 0 Å². The molecule has 0 aliphatic rings. The first-order valence-corrected chi connectivity index (χ1v) is 3.51. The van der Waals surface area contributed by atoms with Crippen molar-refractivity contribution in [1.29, 1.82) is 0 Å². The first kappa shape index (κ1) is 8.55. The van der Waals surface area contributed by atoms with Crippen molar-refractivity contribution >= 4 is 11.7 Å². The van der Waals surface area contributed by atoms with E-state index in [1.165, 1.54) is 7.11 Å². The molecule has 4 nitrogen and oxygen atoms in total. The summed E-state index contributed by atoms with van der Waals surface area (Å²) in [4.78, 5) is 4.05. The molecule has 0 bridgehead atoms. The summed E-state index contributed by atoms with van der Waals surface area (Å²) in [5, 5.41) is 0. The number of ether oxygens (including phenoxy) is 1. The van der Waals surface area contributed by atoms with Gasteiger partial charge in [-0.3, -0.25) is 5.43 Å². The van der Waals surface area contributed by atoms with Crippen LogP contribution in [0.2, 0.25) is 0 Å². The van der Waals surface area contributed by atoms with E-state index >= 15 is 0 Å². The van der Waals surface area contributed by atoms with Gasteiger partial charge in [-0.2, -0.15) is 4.99 Å². The molecule has 4 heteroatoms. The van der Waals surface area contributed by atoms with Crippen LogP contribution in [-0.4, -0.2) is 13.1 Å². The maximum Gasteiger partial charge on any atom is 0.304 e. The molecule has 0 aliphatic heterocycles. The zero-order valence-electron chi connectivity index (χ0n) is 6.82. The van der Waals surface area contributed by atoms with Crippen molar-refractivity contribution in [2.45, 2.75) is 0 Å². The van der Waals surface area contributed by atoms with E-state index in [0.717, 1.165) is 5.69 Å². The van der Waals surface area contributed by atoms with Crippen LogP contribution in [0.15, 0.2) is 35.3 Å². The van der Waals surface area contributed by atoms with Crippen molar-refractivity contribution in [1.82, 2.24) is 5.43 Å². The van der Waals surface area contributed by atoms with Gasteiger partial charge in [0, 0.05) is 0 Å². The lowest BCUT2D eigenvalue weighted by molar-refractivity contribution is 0.382. The molecule has 0 spiro atoms. The fourth-order valence-electron chi connectivity index (χ4n) is 0.757. The minimum Gasteiger partial charge on any atom is -0.467 e. The summed E-state index contributed by atoms with van der Waals surface area (Å²) in [6, 6.07) is 9.71. The van der Waals surface area contributed by atoms with E-state index in [1.807, 2.05) is 30.3 Å². The second-order valence-corrected chi connectivity index (χ2v) is 2.10. The lowest BCUT2D eigenvalue weighted by Crippen LogP contribution is -2.31. The zero-order valence-corrected chi connectivity index (χ0v) is 6.82. The molecule has 3 N–H and O–H groups in total. The molecule has 0 fully saturated rings. The van der Waals surface area contributed by atoms with E-state index in [-0.39, 0.29) is 0 Å². The van der Waals surface area contributed by atoms with Crippen LogP contribution < -0.4 is 11.3 Å². The summed E-state index contributed by atoms with van der Waals surface area (Å²) in [6.07, 6.45) is 0. The third-order valence-corrected chi connectivity index (χ3v) is 1.30. The average molecular weight is 165 g/mol. The highest BCUT2D eigenvalue weighted by atomic mass is 16.5. The number of hydrogen-bond donors (Lipinski definition) is 2. The number of nitrogens with one attached hydrogen (secondary N) is 1. The molecule has 64 valence electrons. The number of amidine groups is 1. The van der Waals surface area contributed by atoms with Gasteiger partial charge in [0.05, 0.1) is 12.8 Å². The molecular formula is C8H11N3O. The van der Waals surface area contributed by atoms with Gasteiger partial charge in [0.2, 0.25) is 0 Å². The lowest BCUT2D eigenvalue weighted by atomic mass is 10.3. The number of hydrogen-bond acceptors (Lipinski definition) is 3. The van der Waals surface area contributed by atoms with Crippen LogP contribution in [0.3, 0.4) is 0 Å². The van der Waals surface area contributed by atoms with Gasteiger partial charge < -0.3 is 4.74 Å². The van der Waals surface area contributed by atoms with Gasteiger partial charge in [0.1, 0.15) is 0 Å². The monoisotopic (exact) mass is 165 g/mol. The highest BCUT2D eigenvalue weighted by molar-refractivity contribution is 5.76. The Kier molecular flexibility index (Phi) is 3.10. The molecule has 1 aromatic rings. The van der Waals surface area contributed by atoms with Crippen molar-refractivity contribution in [2.24, 2.45) is 10.8 Å². The van der Waals surface area contributed by atoms with Crippen molar-refractivity contribution in [3.05, 3.63) is 30.3 Å². The maximum atomic E-state index is 5.13. The quantitative estimate of drug-likeness (QED) is 0.280. The van der Waals surface area contributed by atoms with Crippen LogP contribution in [0.5, 0.6) is 0 Å². The number of para-hydroxylation sites is 1. The van der Waals surface area contributed by atoms with E-state index in [2.05, 4.69) is 10.4 Å². The number of nitrogens with zero attached hydrogens (tertiary/aromatic N) is 1. The van der Waals surface area contributed by atoms with Crippen LogP contribution >= 0.6 is 0 Å². The fourth-order valence-corrected chi connectivity index (χ4v) is 0.757. The van der Waals surface area contributed by atoms with Crippen LogP contribution in [-0.2, 0) is 4.74 Å². The molecule has 0 heterocycles. The highest BCUT2D eigenvalue weighted by Gasteiger charge is 1.92. The Bertz CT molecular complexity index is 252. The third kappa shape index (κ3) is 2.25. The maximum absolute atomic E-state index is 5.13. The topological polar surface area (TPSA) is 59.6 Å². The van der Waals surface area contributed by atoms with Gasteiger partial charge in [0.25, 0.3) is 0 Å². The largest absolute Gasteiger partial charge is 0.467 e. The smallest absolute Gasteiger partial charge is 0.304 e. The predicted molar refractivity (Wildman–Crippen MR) is 47.9 cm³/mol. The van der Waals surface area contributed by atoms with Crippen LogP contribution in [0.25, 0.3) is 0 Å². The van der Waals surface area contributed by atoms with Crippen molar-refractivity contribution in [3.63, 3.8) is 0 Å². The molecule has 0 saturated heterocycles. The Labute approximate surface area is 71.0 Å². The summed E-state index contributed by atoms with van der Waals surface area (Å²) in [7, 11) is 1.50.